The largest absolute Gasteiger partial charge is 0.0622 e. The van der Waals surface area contributed by atoms with Crippen molar-refractivity contribution in [3.63, 3.8) is 0 Å². The summed E-state index contributed by atoms with van der Waals surface area (Å²) < 4.78 is 2.62. The molecule has 0 bridgehead atoms. The van der Waals surface area contributed by atoms with E-state index < -0.39 is 0 Å². The van der Waals surface area contributed by atoms with E-state index in [1.165, 1.54) is 116 Å². The van der Waals surface area contributed by atoms with Crippen molar-refractivity contribution in [3.05, 3.63) is 141 Å². The molecule has 0 aliphatic rings. The van der Waals surface area contributed by atoms with Gasteiger partial charge in [-0.1, -0.05) is 121 Å². The minimum absolute atomic E-state index is 1.26. The third-order valence-corrected chi connectivity index (χ3v) is 12.4. The number of rotatable bonds is 2. The summed E-state index contributed by atoms with van der Waals surface area (Å²) in [6.45, 7) is 0. The molecule has 0 fully saturated rings. The number of benzene rings is 11. The molecular formula is C44H22I2. The van der Waals surface area contributed by atoms with Gasteiger partial charge >= 0.3 is 0 Å². The van der Waals surface area contributed by atoms with Gasteiger partial charge in [-0.25, -0.2) is 0 Å². The van der Waals surface area contributed by atoms with Gasteiger partial charge in [0.25, 0.3) is 0 Å². The SMILES string of the molecule is Ic1cc2c3ccccc3c3c(-c4ccccc4)c(I)c4ccc5c6ccccc6c6c(-c7ccccc7)cc1c1c2c3c4c5c61. The maximum atomic E-state index is 2.65. The molecule has 11 aromatic carbocycles. The summed E-state index contributed by atoms with van der Waals surface area (Å²) in [6, 6.07) is 50.0. The number of fused-ring (bicyclic) bond motifs is 6. The van der Waals surface area contributed by atoms with E-state index in [4.69, 9.17) is 0 Å². The highest BCUT2D eigenvalue weighted by atomic mass is 127. The van der Waals surface area contributed by atoms with Gasteiger partial charge in [0.1, 0.15) is 0 Å². The molecule has 0 aliphatic carbocycles. The van der Waals surface area contributed by atoms with E-state index in [0.717, 1.165) is 0 Å². The second-order valence-electron chi connectivity index (χ2n) is 12.6. The van der Waals surface area contributed by atoms with Crippen molar-refractivity contribution in [1.82, 2.24) is 0 Å². The molecule has 0 atom stereocenters. The van der Waals surface area contributed by atoms with E-state index in [1.807, 2.05) is 0 Å². The average Bonchev–Trinajstić information content (AvgIpc) is 3.11. The second-order valence-corrected chi connectivity index (χ2v) is 14.8. The summed E-state index contributed by atoms with van der Waals surface area (Å²) >= 11 is 5.25. The fourth-order valence-electron chi connectivity index (χ4n) is 8.68. The zero-order chi connectivity index (χ0) is 30.3. The zero-order valence-corrected chi connectivity index (χ0v) is 28.8. The van der Waals surface area contributed by atoms with Crippen LogP contribution in [-0.2, 0) is 0 Å². The van der Waals surface area contributed by atoms with Crippen molar-refractivity contribution in [2.45, 2.75) is 0 Å². The van der Waals surface area contributed by atoms with E-state index in [-0.39, 0.29) is 0 Å². The van der Waals surface area contributed by atoms with Crippen LogP contribution >= 0.6 is 45.2 Å². The van der Waals surface area contributed by atoms with Crippen molar-refractivity contribution in [2.75, 3.05) is 0 Å². The van der Waals surface area contributed by atoms with Gasteiger partial charge < -0.3 is 0 Å². The maximum Gasteiger partial charge on any atom is 0.0294 e. The van der Waals surface area contributed by atoms with Gasteiger partial charge in [0, 0.05) is 12.7 Å². The molecule has 2 heteroatoms. The highest BCUT2D eigenvalue weighted by molar-refractivity contribution is 14.1. The fraction of sp³-hybridized carbons (Fsp3) is 0. The average molecular weight is 804 g/mol. The van der Waals surface area contributed by atoms with Gasteiger partial charge in [-0.2, -0.15) is 0 Å². The Kier molecular flexibility index (Phi) is 5.16. The zero-order valence-electron chi connectivity index (χ0n) is 24.5. The smallest absolute Gasteiger partial charge is 0.0294 e. The number of hydrogen-bond donors (Lipinski definition) is 0. The lowest BCUT2D eigenvalue weighted by Gasteiger charge is -2.27. The summed E-state index contributed by atoms with van der Waals surface area (Å²) in [4.78, 5) is 0. The van der Waals surface area contributed by atoms with Crippen LogP contribution in [0.4, 0.5) is 0 Å². The minimum Gasteiger partial charge on any atom is -0.0622 e. The molecule has 0 heterocycles. The monoisotopic (exact) mass is 804 g/mol. The highest BCUT2D eigenvalue weighted by Crippen LogP contribution is 2.57. The predicted molar refractivity (Wildman–Crippen MR) is 216 cm³/mol. The summed E-state index contributed by atoms with van der Waals surface area (Å²) in [6.07, 6.45) is 0. The van der Waals surface area contributed by atoms with Crippen LogP contribution in [0, 0.1) is 7.14 Å². The first-order chi connectivity index (χ1) is 22.7. The van der Waals surface area contributed by atoms with E-state index in [0.29, 0.717) is 0 Å². The Morgan fingerprint density at radius 3 is 1.50 bits per heavy atom. The number of hydrogen-bond acceptors (Lipinski definition) is 0. The summed E-state index contributed by atoms with van der Waals surface area (Å²) in [5, 5.41) is 21.9. The van der Waals surface area contributed by atoms with E-state index in [9.17, 15) is 0 Å². The lowest BCUT2D eigenvalue weighted by molar-refractivity contribution is 1.66. The minimum atomic E-state index is 1.26. The molecule has 0 aromatic heterocycles. The van der Waals surface area contributed by atoms with Gasteiger partial charge in [0.05, 0.1) is 0 Å². The fourth-order valence-corrected chi connectivity index (χ4v) is 10.4. The maximum absolute atomic E-state index is 2.65. The molecule has 11 rings (SSSR count). The van der Waals surface area contributed by atoms with Crippen LogP contribution in [0.2, 0.25) is 0 Å². The summed E-state index contributed by atoms with van der Waals surface area (Å²) in [5.74, 6) is 0. The third kappa shape index (κ3) is 3.10. The van der Waals surface area contributed by atoms with Crippen molar-refractivity contribution >= 4 is 131 Å². The Bertz CT molecular complexity index is 2990. The first kappa shape index (κ1) is 25.9. The van der Waals surface area contributed by atoms with E-state index >= 15 is 0 Å². The first-order valence-electron chi connectivity index (χ1n) is 15.7. The van der Waals surface area contributed by atoms with Crippen LogP contribution < -0.4 is 0 Å². The molecule has 0 radical (unpaired) electrons. The van der Waals surface area contributed by atoms with Gasteiger partial charge in [0.2, 0.25) is 0 Å². The molecule has 212 valence electrons. The summed E-state index contributed by atoms with van der Waals surface area (Å²) in [5.41, 5.74) is 5.19. The van der Waals surface area contributed by atoms with Crippen molar-refractivity contribution in [2.24, 2.45) is 0 Å². The van der Waals surface area contributed by atoms with Crippen LogP contribution in [0.3, 0.4) is 0 Å². The van der Waals surface area contributed by atoms with Gasteiger partial charge in [-0.05, 0) is 160 Å². The molecular weight excluding hydrogens is 782 g/mol. The molecule has 0 aliphatic heterocycles. The van der Waals surface area contributed by atoms with Crippen molar-refractivity contribution in [3.8, 4) is 22.3 Å². The number of halogens is 2. The Morgan fingerprint density at radius 2 is 0.783 bits per heavy atom. The quantitative estimate of drug-likeness (QED) is 0.0928. The lowest BCUT2D eigenvalue weighted by Crippen LogP contribution is -2.00. The van der Waals surface area contributed by atoms with Crippen molar-refractivity contribution < 1.29 is 0 Å². The van der Waals surface area contributed by atoms with Gasteiger partial charge in [-0.3, -0.25) is 0 Å². The van der Waals surface area contributed by atoms with Crippen molar-refractivity contribution in [1.29, 1.82) is 0 Å². The second kappa shape index (κ2) is 9.18. The molecule has 0 spiro atoms. The molecule has 0 nitrogen and oxygen atoms in total. The topological polar surface area (TPSA) is 0 Å². The Labute approximate surface area is 291 Å². The normalized spacial score (nSPS) is 12.6. The molecule has 46 heavy (non-hydrogen) atoms. The molecule has 11 aromatic rings. The highest BCUT2D eigenvalue weighted by Gasteiger charge is 2.29. The van der Waals surface area contributed by atoms with Crippen LogP contribution in [0.15, 0.2) is 133 Å². The van der Waals surface area contributed by atoms with Crippen LogP contribution in [-0.4, -0.2) is 0 Å². The Morgan fingerprint density at radius 1 is 0.304 bits per heavy atom. The standard InChI is InChI=1S/C44H22I2/c45-34-22-32-26-16-8-10-18-28(26)37-35(24-13-5-2-6-14-24)44(46)30-20-19-29-25-15-7-9-17-27(25)36-31(23-11-3-1-4-12-23)21-33(34)41-40(32)43(37)39(30)38(29)42(36)41/h1-22H. The molecule has 0 unspecified atom stereocenters. The Hall–Kier alpha value is -4.26. The van der Waals surface area contributed by atoms with Crippen LogP contribution in [0.25, 0.3) is 108 Å². The molecule has 0 N–H and O–H groups in total. The van der Waals surface area contributed by atoms with Crippen LogP contribution in [0.1, 0.15) is 0 Å². The predicted octanol–water partition coefficient (Wildman–Crippen LogP) is 13.8. The van der Waals surface area contributed by atoms with Gasteiger partial charge in [-0.15, -0.1) is 0 Å². The third-order valence-electron chi connectivity index (χ3n) is 10.4. The van der Waals surface area contributed by atoms with Crippen LogP contribution in [0.5, 0.6) is 0 Å². The molecule has 0 saturated heterocycles. The molecule has 0 amide bonds. The van der Waals surface area contributed by atoms with E-state index in [1.54, 1.807) is 0 Å². The van der Waals surface area contributed by atoms with Gasteiger partial charge in [0.15, 0.2) is 0 Å². The van der Waals surface area contributed by atoms with E-state index in [2.05, 4.69) is 179 Å². The summed E-state index contributed by atoms with van der Waals surface area (Å²) in [7, 11) is 0. The molecule has 0 saturated carbocycles. The Balaban J connectivity index is 1.58. The lowest BCUT2D eigenvalue weighted by atomic mass is 9.77. The first-order valence-corrected chi connectivity index (χ1v) is 17.8.